The van der Waals surface area contributed by atoms with Gasteiger partial charge in [-0.15, -0.1) is 0 Å². The predicted octanol–water partition coefficient (Wildman–Crippen LogP) is 4.73. The number of aryl methyl sites for hydroxylation is 1. The fraction of sp³-hybridized carbons (Fsp3) is 0.261. The van der Waals surface area contributed by atoms with E-state index in [1.165, 1.54) is 21.9 Å². The number of hydrogen-bond acceptors (Lipinski definition) is 2. The Morgan fingerprint density at radius 3 is 2.54 bits per heavy atom. The molecule has 0 atom stereocenters. The Kier molecular flexibility index (Phi) is 4.72. The molecule has 1 aromatic heterocycles. The third kappa shape index (κ3) is 3.35. The molecule has 0 saturated heterocycles. The van der Waals surface area contributed by atoms with E-state index < -0.39 is 0 Å². The molecule has 3 aromatic carbocycles. The van der Waals surface area contributed by atoms with Crippen LogP contribution >= 0.6 is 0 Å². The van der Waals surface area contributed by atoms with E-state index in [1.54, 1.807) is 0 Å². The topological polar surface area (TPSA) is 21.1 Å². The molecule has 4 aromatic rings. The summed E-state index contributed by atoms with van der Waals surface area (Å²) in [4.78, 5) is 7.20. The van der Waals surface area contributed by atoms with Crippen LogP contribution in [0.4, 0.5) is 0 Å². The second-order valence-electron chi connectivity index (χ2n) is 7.14. The highest BCUT2D eigenvalue weighted by Gasteiger charge is 2.12. The van der Waals surface area contributed by atoms with Crippen LogP contribution in [-0.4, -0.2) is 35.1 Å². The molecule has 0 bridgehead atoms. The summed E-state index contributed by atoms with van der Waals surface area (Å²) in [6.07, 6.45) is 1.98. The van der Waals surface area contributed by atoms with Crippen molar-refractivity contribution in [3.8, 4) is 0 Å². The van der Waals surface area contributed by atoms with Crippen LogP contribution in [0.2, 0.25) is 0 Å². The van der Waals surface area contributed by atoms with E-state index in [0.717, 1.165) is 37.3 Å². The van der Waals surface area contributed by atoms with Crippen LogP contribution in [0.15, 0.2) is 66.7 Å². The molecule has 0 N–H and O–H groups in total. The Labute approximate surface area is 154 Å². The van der Waals surface area contributed by atoms with Crippen LogP contribution in [-0.2, 0) is 13.0 Å². The molecule has 132 valence electrons. The Hall–Kier alpha value is -2.65. The lowest BCUT2D eigenvalue weighted by Crippen LogP contribution is -2.16. The second kappa shape index (κ2) is 7.30. The van der Waals surface area contributed by atoms with Gasteiger partial charge >= 0.3 is 0 Å². The number of nitrogens with zero attached hydrogens (tertiary/aromatic N) is 3. The first kappa shape index (κ1) is 16.8. The summed E-state index contributed by atoms with van der Waals surface area (Å²) in [5, 5.41) is 2.61. The zero-order chi connectivity index (χ0) is 17.9. The van der Waals surface area contributed by atoms with E-state index in [-0.39, 0.29) is 0 Å². The maximum absolute atomic E-state index is 4.96. The van der Waals surface area contributed by atoms with Crippen molar-refractivity contribution in [2.45, 2.75) is 19.4 Å². The molecule has 0 unspecified atom stereocenters. The molecule has 0 saturated carbocycles. The predicted molar refractivity (Wildman–Crippen MR) is 110 cm³/mol. The lowest BCUT2D eigenvalue weighted by molar-refractivity contribution is 0.386. The van der Waals surface area contributed by atoms with Crippen molar-refractivity contribution in [2.24, 2.45) is 0 Å². The standard InChI is InChI=1S/C23H25N3/c1-25(2)15-8-16-26-22-14-6-5-13-21(22)24-23(26)17-19-11-7-10-18-9-3-4-12-20(18)19/h3-7,9-14H,8,15-17H2,1-2H3. The van der Waals surface area contributed by atoms with Crippen LogP contribution in [0.1, 0.15) is 17.8 Å². The number of hydrogen-bond donors (Lipinski definition) is 0. The van der Waals surface area contributed by atoms with Gasteiger partial charge in [0.25, 0.3) is 0 Å². The first-order chi connectivity index (χ1) is 12.7. The molecule has 1 heterocycles. The third-order valence-electron chi connectivity index (χ3n) is 4.95. The number of para-hydroxylation sites is 2. The maximum atomic E-state index is 4.96. The van der Waals surface area contributed by atoms with Gasteiger partial charge in [0.1, 0.15) is 5.82 Å². The third-order valence-corrected chi connectivity index (χ3v) is 4.95. The molecule has 3 nitrogen and oxygen atoms in total. The van der Waals surface area contributed by atoms with Crippen molar-refractivity contribution in [3.63, 3.8) is 0 Å². The molecule has 0 aliphatic carbocycles. The zero-order valence-electron chi connectivity index (χ0n) is 15.5. The number of fused-ring (bicyclic) bond motifs is 2. The minimum Gasteiger partial charge on any atom is -0.328 e. The minimum atomic E-state index is 0.859. The number of rotatable bonds is 6. The molecular weight excluding hydrogens is 318 g/mol. The summed E-state index contributed by atoms with van der Waals surface area (Å²) in [6.45, 7) is 2.08. The highest BCUT2D eigenvalue weighted by molar-refractivity contribution is 5.86. The van der Waals surface area contributed by atoms with Crippen molar-refractivity contribution >= 4 is 21.8 Å². The Balaban J connectivity index is 1.73. The smallest absolute Gasteiger partial charge is 0.114 e. The molecule has 0 radical (unpaired) electrons. The second-order valence-corrected chi connectivity index (χ2v) is 7.14. The Morgan fingerprint density at radius 2 is 1.65 bits per heavy atom. The summed E-state index contributed by atoms with van der Waals surface area (Å²) < 4.78 is 2.40. The van der Waals surface area contributed by atoms with E-state index in [2.05, 4.69) is 90.3 Å². The van der Waals surface area contributed by atoms with Crippen molar-refractivity contribution in [1.82, 2.24) is 14.5 Å². The molecular formula is C23H25N3. The highest BCUT2D eigenvalue weighted by Crippen LogP contribution is 2.24. The van der Waals surface area contributed by atoms with E-state index in [9.17, 15) is 0 Å². The molecule has 0 spiro atoms. The van der Waals surface area contributed by atoms with Crippen LogP contribution in [0.25, 0.3) is 21.8 Å². The van der Waals surface area contributed by atoms with Gasteiger partial charge in [-0.1, -0.05) is 54.6 Å². The average molecular weight is 343 g/mol. The van der Waals surface area contributed by atoms with Gasteiger partial charge in [0, 0.05) is 13.0 Å². The molecule has 0 fully saturated rings. The summed E-state index contributed by atoms with van der Waals surface area (Å²) in [5.41, 5.74) is 3.67. The van der Waals surface area contributed by atoms with Gasteiger partial charge in [-0.2, -0.15) is 0 Å². The average Bonchev–Trinajstić information content (AvgIpc) is 2.99. The SMILES string of the molecule is CN(C)CCCn1c(Cc2cccc3ccccc23)nc2ccccc21. The van der Waals surface area contributed by atoms with Gasteiger partial charge in [-0.3, -0.25) is 0 Å². The molecule has 4 rings (SSSR count). The lowest BCUT2D eigenvalue weighted by Gasteiger charge is -2.13. The van der Waals surface area contributed by atoms with Crippen molar-refractivity contribution in [3.05, 3.63) is 78.1 Å². The first-order valence-corrected chi connectivity index (χ1v) is 9.28. The molecule has 0 aliphatic rings. The quantitative estimate of drug-likeness (QED) is 0.504. The summed E-state index contributed by atoms with van der Waals surface area (Å²) in [7, 11) is 4.26. The van der Waals surface area contributed by atoms with Crippen molar-refractivity contribution in [1.29, 1.82) is 0 Å². The van der Waals surface area contributed by atoms with Crippen molar-refractivity contribution in [2.75, 3.05) is 20.6 Å². The summed E-state index contributed by atoms with van der Waals surface area (Å²) in [5.74, 6) is 1.15. The number of benzene rings is 3. The van der Waals surface area contributed by atoms with E-state index in [1.807, 2.05) is 0 Å². The number of aromatic nitrogens is 2. The van der Waals surface area contributed by atoms with Crippen LogP contribution in [0.3, 0.4) is 0 Å². The van der Waals surface area contributed by atoms with Gasteiger partial charge in [0.2, 0.25) is 0 Å². The van der Waals surface area contributed by atoms with Crippen LogP contribution in [0, 0.1) is 0 Å². The molecule has 0 amide bonds. The highest BCUT2D eigenvalue weighted by atomic mass is 15.1. The van der Waals surface area contributed by atoms with Gasteiger partial charge in [0.15, 0.2) is 0 Å². The van der Waals surface area contributed by atoms with Crippen LogP contribution in [0.5, 0.6) is 0 Å². The van der Waals surface area contributed by atoms with Crippen LogP contribution < -0.4 is 0 Å². The van der Waals surface area contributed by atoms with Gasteiger partial charge < -0.3 is 9.47 Å². The molecule has 0 aliphatic heterocycles. The maximum Gasteiger partial charge on any atom is 0.114 e. The lowest BCUT2D eigenvalue weighted by atomic mass is 10.0. The van der Waals surface area contributed by atoms with E-state index >= 15 is 0 Å². The monoisotopic (exact) mass is 343 g/mol. The summed E-state index contributed by atoms with van der Waals surface area (Å²) >= 11 is 0. The fourth-order valence-electron chi connectivity index (χ4n) is 3.67. The normalized spacial score (nSPS) is 11.7. The van der Waals surface area contributed by atoms with E-state index in [0.29, 0.717) is 0 Å². The van der Waals surface area contributed by atoms with Gasteiger partial charge in [-0.25, -0.2) is 4.98 Å². The van der Waals surface area contributed by atoms with E-state index in [4.69, 9.17) is 4.98 Å². The Bertz CT molecular complexity index is 1020. The minimum absolute atomic E-state index is 0.859. The fourth-order valence-corrected chi connectivity index (χ4v) is 3.67. The van der Waals surface area contributed by atoms with Crippen molar-refractivity contribution < 1.29 is 0 Å². The summed E-state index contributed by atoms with van der Waals surface area (Å²) in [6, 6.07) is 23.6. The van der Waals surface area contributed by atoms with Gasteiger partial charge in [-0.05, 0) is 55.5 Å². The Morgan fingerprint density at radius 1 is 0.885 bits per heavy atom. The molecule has 3 heteroatoms. The van der Waals surface area contributed by atoms with Gasteiger partial charge in [0.05, 0.1) is 11.0 Å². The largest absolute Gasteiger partial charge is 0.328 e. The number of imidazole rings is 1. The first-order valence-electron chi connectivity index (χ1n) is 9.28. The zero-order valence-corrected chi connectivity index (χ0v) is 15.5. The molecule has 26 heavy (non-hydrogen) atoms.